The molecule has 3 rings (SSSR count). The first kappa shape index (κ1) is 17.1. The van der Waals surface area contributed by atoms with Crippen molar-refractivity contribution in [2.75, 3.05) is 14.2 Å². The molecule has 1 aromatic carbocycles. The zero-order valence-electron chi connectivity index (χ0n) is 13.5. The molecule has 2 heterocycles. The number of carbonyl (C=O) groups is 1. The van der Waals surface area contributed by atoms with Crippen LogP contribution in [0.15, 0.2) is 29.3 Å². The molecule has 0 aliphatic rings. The van der Waals surface area contributed by atoms with Gasteiger partial charge in [0.2, 0.25) is 0 Å². The van der Waals surface area contributed by atoms with Crippen molar-refractivity contribution in [3.8, 4) is 11.5 Å². The van der Waals surface area contributed by atoms with Crippen LogP contribution in [0.2, 0.25) is 0 Å². The molecule has 8 nitrogen and oxygen atoms in total. The van der Waals surface area contributed by atoms with Crippen LogP contribution in [0.5, 0.6) is 11.5 Å². The lowest BCUT2D eigenvalue weighted by atomic mass is 10.3. The largest absolute Gasteiger partial charge is 0.497 e. The highest BCUT2D eigenvalue weighted by molar-refractivity contribution is 7.17. The van der Waals surface area contributed by atoms with E-state index in [1.54, 1.807) is 31.9 Å². The Hall–Kier alpha value is -2.72. The second-order valence-corrected chi connectivity index (χ2v) is 7.00. The van der Waals surface area contributed by atoms with Crippen LogP contribution in [0, 0.1) is 10.1 Å². The number of thiophene rings is 1. The molecule has 0 fully saturated rings. The summed E-state index contributed by atoms with van der Waals surface area (Å²) in [5, 5.41) is 10.7. The summed E-state index contributed by atoms with van der Waals surface area (Å²) < 4.78 is 13.2. The Morgan fingerprint density at radius 1 is 1.24 bits per heavy atom. The monoisotopic (exact) mass is 379 g/mol. The van der Waals surface area contributed by atoms with Crippen molar-refractivity contribution in [3.05, 3.63) is 44.1 Å². The molecular formula is C15H13N3O5S2. The summed E-state index contributed by atoms with van der Waals surface area (Å²) in [6.07, 6.45) is 0. The number of fused-ring (bicyclic) bond motifs is 1. The Morgan fingerprint density at radius 2 is 2.00 bits per heavy atom. The quantitative estimate of drug-likeness (QED) is 0.513. The molecule has 0 atom stereocenters. The van der Waals surface area contributed by atoms with Crippen molar-refractivity contribution in [1.82, 2.24) is 4.57 Å². The summed E-state index contributed by atoms with van der Waals surface area (Å²) in [6, 6.07) is 6.29. The van der Waals surface area contributed by atoms with Gasteiger partial charge in [-0.25, -0.2) is 0 Å². The number of hydrogen-bond donors (Lipinski definition) is 0. The predicted molar refractivity (Wildman–Crippen MR) is 94.8 cm³/mol. The summed E-state index contributed by atoms with van der Waals surface area (Å²) in [5.41, 5.74) is 0.789. The molecule has 130 valence electrons. The highest BCUT2D eigenvalue weighted by Crippen LogP contribution is 2.32. The fraction of sp³-hybridized carbons (Fsp3) is 0.200. The number of amides is 1. The second-order valence-electron chi connectivity index (χ2n) is 4.93. The molecule has 2 aromatic heterocycles. The minimum Gasteiger partial charge on any atom is -0.497 e. The summed E-state index contributed by atoms with van der Waals surface area (Å²) in [5.74, 6) is 0.720. The van der Waals surface area contributed by atoms with Gasteiger partial charge in [-0.05, 0) is 12.1 Å². The number of ether oxygens (including phenoxy) is 2. The molecule has 0 unspecified atom stereocenters. The molecule has 1 amide bonds. The number of nitrogens with zero attached hydrogens (tertiary/aromatic N) is 3. The van der Waals surface area contributed by atoms with E-state index in [4.69, 9.17) is 9.47 Å². The topological polar surface area (TPSA) is 96.0 Å². The van der Waals surface area contributed by atoms with Gasteiger partial charge < -0.3 is 14.0 Å². The van der Waals surface area contributed by atoms with Gasteiger partial charge in [-0.3, -0.25) is 14.9 Å². The molecule has 0 bridgehead atoms. The maximum atomic E-state index is 12.3. The molecule has 0 radical (unpaired) electrons. The van der Waals surface area contributed by atoms with Gasteiger partial charge in [0.25, 0.3) is 5.91 Å². The van der Waals surface area contributed by atoms with Crippen LogP contribution in [0.4, 0.5) is 5.00 Å². The number of methoxy groups -OCH3 is 2. The van der Waals surface area contributed by atoms with E-state index in [0.717, 1.165) is 21.6 Å². The first-order valence-corrected chi connectivity index (χ1v) is 8.62. The Bertz CT molecular complexity index is 1050. The third-order valence-electron chi connectivity index (χ3n) is 3.47. The van der Waals surface area contributed by atoms with E-state index < -0.39 is 10.8 Å². The van der Waals surface area contributed by atoms with Gasteiger partial charge in [0.05, 0.1) is 23.8 Å². The third kappa shape index (κ3) is 3.13. The molecule has 0 saturated carbocycles. The molecule has 0 N–H and O–H groups in total. The maximum absolute atomic E-state index is 12.3. The van der Waals surface area contributed by atoms with E-state index in [0.29, 0.717) is 16.3 Å². The number of carbonyl (C=O) groups excluding carboxylic acids is 1. The number of hydrogen-bond acceptors (Lipinski definition) is 7. The zero-order chi connectivity index (χ0) is 18.1. The molecule has 0 aliphatic carbocycles. The normalized spacial score (nSPS) is 11.7. The summed E-state index contributed by atoms with van der Waals surface area (Å²) in [4.78, 5) is 27.3. The molecular weight excluding hydrogens is 366 g/mol. The second kappa shape index (κ2) is 6.65. The SMILES string of the molecule is COc1cc(OC)c2c(c1)sc(=NC(=O)c1ccc([N+](=O)[O-])s1)n2C. The van der Waals surface area contributed by atoms with E-state index >= 15 is 0 Å². The van der Waals surface area contributed by atoms with E-state index in [1.807, 2.05) is 6.07 Å². The number of aryl methyl sites for hydroxylation is 1. The van der Waals surface area contributed by atoms with E-state index in [9.17, 15) is 14.9 Å². The maximum Gasteiger partial charge on any atom is 0.324 e. The van der Waals surface area contributed by atoms with Crippen molar-refractivity contribution in [1.29, 1.82) is 0 Å². The van der Waals surface area contributed by atoms with Crippen LogP contribution < -0.4 is 14.3 Å². The molecule has 0 spiro atoms. The van der Waals surface area contributed by atoms with Gasteiger partial charge in [-0.15, -0.1) is 0 Å². The van der Waals surface area contributed by atoms with Gasteiger partial charge in [0.15, 0.2) is 4.80 Å². The van der Waals surface area contributed by atoms with Gasteiger partial charge in [-0.1, -0.05) is 22.7 Å². The standard InChI is InChI=1S/C15H13N3O5S2/c1-17-13-9(23-3)6-8(22-2)7-11(13)25-15(17)16-14(19)10-4-5-12(24-10)18(20)21/h4-7H,1-3H3. The number of benzene rings is 1. The summed E-state index contributed by atoms with van der Waals surface area (Å²) in [7, 11) is 4.89. The lowest BCUT2D eigenvalue weighted by Gasteiger charge is -2.06. The van der Waals surface area contributed by atoms with Crippen LogP contribution in [0.3, 0.4) is 0 Å². The van der Waals surface area contributed by atoms with Crippen molar-refractivity contribution in [3.63, 3.8) is 0 Å². The fourth-order valence-electron chi connectivity index (χ4n) is 2.28. The Kier molecular flexibility index (Phi) is 4.55. The predicted octanol–water partition coefficient (Wildman–Crippen LogP) is 2.97. The van der Waals surface area contributed by atoms with Crippen molar-refractivity contribution >= 4 is 43.8 Å². The van der Waals surface area contributed by atoms with Gasteiger partial charge >= 0.3 is 5.00 Å². The minimum atomic E-state index is -0.530. The third-order valence-corrected chi connectivity index (χ3v) is 5.58. The van der Waals surface area contributed by atoms with Gasteiger partial charge in [0.1, 0.15) is 21.9 Å². The Labute approximate surface area is 149 Å². The number of nitro groups is 1. The summed E-state index contributed by atoms with van der Waals surface area (Å²) >= 11 is 2.11. The molecule has 0 aliphatic heterocycles. The van der Waals surface area contributed by atoms with Crippen LogP contribution in [-0.2, 0) is 7.05 Å². The van der Waals surface area contributed by atoms with Crippen LogP contribution >= 0.6 is 22.7 Å². The number of rotatable bonds is 4. The van der Waals surface area contributed by atoms with Crippen molar-refractivity contribution in [2.45, 2.75) is 0 Å². The van der Waals surface area contributed by atoms with Crippen molar-refractivity contribution in [2.24, 2.45) is 12.0 Å². The average molecular weight is 379 g/mol. The Morgan fingerprint density at radius 3 is 2.60 bits per heavy atom. The number of aromatic nitrogens is 1. The number of thiazole rings is 1. The fourth-order valence-corrected chi connectivity index (χ4v) is 4.05. The zero-order valence-corrected chi connectivity index (χ0v) is 15.1. The minimum absolute atomic E-state index is 0.0920. The van der Waals surface area contributed by atoms with Crippen LogP contribution in [0.1, 0.15) is 9.67 Å². The van der Waals surface area contributed by atoms with Crippen LogP contribution in [-0.4, -0.2) is 29.6 Å². The molecule has 25 heavy (non-hydrogen) atoms. The Balaban J connectivity index is 2.11. The van der Waals surface area contributed by atoms with E-state index in [1.165, 1.54) is 23.5 Å². The highest BCUT2D eigenvalue weighted by atomic mass is 32.1. The van der Waals surface area contributed by atoms with E-state index in [2.05, 4.69) is 4.99 Å². The average Bonchev–Trinajstić information content (AvgIpc) is 3.20. The highest BCUT2D eigenvalue weighted by Gasteiger charge is 2.16. The van der Waals surface area contributed by atoms with Crippen LogP contribution in [0.25, 0.3) is 10.2 Å². The molecule has 0 saturated heterocycles. The van der Waals surface area contributed by atoms with Gasteiger partial charge in [-0.2, -0.15) is 4.99 Å². The summed E-state index contributed by atoms with van der Waals surface area (Å²) in [6.45, 7) is 0. The lowest BCUT2D eigenvalue weighted by molar-refractivity contribution is -0.380. The first-order chi connectivity index (χ1) is 11.9. The first-order valence-electron chi connectivity index (χ1n) is 6.99. The molecule has 3 aromatic rings. The van der Waals surface area contributed by atoms with E-state index in [-0.39, 0.29) is 9.88 Å². The van der Waals surface area contributed by atoms with Crippen molar-refractivity contribution < 1.29 is 19.2 Å². The lowest BCUT2D eigenvalue weighted by Crippen LogP contribution is -2.13. The van der Waals surface area contributed by atoms with Gasteiger partial charge in [0, 0.05) is 19.2 Å². The smallest absolute Gasteiger partial charge is 0.324 e. The molecule has 10 heteroatoms.